The van der Waals surface area contributed by atoms with E-state index in [2.05, 4.69) is 20.6 Å². The van der Waals surface area contributed by atoms with E-state index in [1.807, 2.05) is 6.92 Å². The quantitative estimate of drug-likeness (QED) is 0.792. The van der Waals surface area contributed by atoms with Crippen LogP contribution in [0, 0.1) is 11.6 Å². The molecule has 7 heteroatoms. The van der Waals surface area contributed by atoms with Crippen LogP contribution in [0.3, 0.4) is 0 Å². The summed E-state index contributed by atoms with van der Waals surface area (Å²) in [5.74, 6) is -0.432. The number of aromatic nitrogens is 2. The molecule has 0 atom stereocenters. The molecule has 0 saturated heterocycles. The number of hydrogen-bond donors (Lipinski definition) is 3. The number of nitrogens with two attached hydrogens (primary N) is 1. The van der Waals surface area contributed by atoms with E-state index in [0.717, 1.165) is 12.1 Å². The summed E-state index contributed by atoms with van der Waals surface area (Å²) in [4.78, 5) is 7.89. The Morgan fingerprint density at radius 3 is 2.58 bits per heavy atom. The Balaban J connectivity index is 2.27. The number of hydrogen-bond acceptors (Lipinski definition) is 5. The van der Waals surface area contributed by atoms with Crippen LogP contribution in [-0.4, -0.2) is 16.5 Å². The summed E-state index contributed by atoms with van der Waals surface area (Å²) in [5, 5.41) is 5.70. The molecule has 1 heterocycles. The molecule has 0 fully saturated rings. The van der Waals surface area contributed by atoms with Crippen LogP contribution in [0.1, 0.15) is 6.92 Å². The van der Waals surface area contributed by atoms with Crippen molar-refractivity contribution in [3.05, 3.63) is 35.9 Å². The Morgan fingerprint density at radius 2 is 1.89 bits per heavy atom. The van der Waals surface area contributed by atoms with Gasteiger partial charge in [-0.15, -0.1) is 0 Å². The monoisotopic (exact) mass is 265 g/mol. The summed E-state index contributed by atoms with van der Waals surface area (Å²) >= 11 is 0. The normalized spacial score (nSPS) is 10.3. The summed E-state index contributed by atoms with van der Waals surface area (Å²) in [7, 11) is 0. The average molecular weight is 265 g/mol. The van der Waals surface area contributed by atoms with Gasteiger partial charge in [-0.2, -0.15) is 9.97 Å². The van der Waals surface area contributed by atoms with Crippen LogP contribution in [0.15, 0.2) is 24.3 Å². The highest BCUT2D eigenvalue weighted by Crippen LogP contribution is 2.21. The van der Waals surface area contributed by atoms with E-state index in [1.54, 1.807) is 6.07 Å². The lowest BCUT2D eigenvalue weighted by Crippen LogP contribution is -2.06. The fraction of sp³-hybridized carbons (Fsp3) is 0.167. The van der Waals surface area contributed by atoms with Gasteiger partial charge < -0.3 is 16.4 Å². The summed E-state index contributed by atoms with van der Waals surface area (Å²) in [6.07, 6.45) is 0. The van der Waals surface area contributed by atoms with Crippen LogP contribution in [0.5, 0.6) is 0 Å². The Labute approximate surface area is 108 Å². The molecule has 100 valence electrons. The molecule has 4 N–H and O–H groups in total. The van der Waals surface area contributed by atoms with Gasteiger partial charge in [-0.1, -0.05) is 0 Å². The molecular formula is C12H13F2N5. The molecule has 0 aliphatic rings. The van der Waals surface area contributed by atoms with Gasteiger partial charge in [-0.05, 0) is 19.1 Å². The highest BCUT2D eigenvalue weighted by atomic mass is 19.1. The van der Waals surface area contributed by atoms with E-state index in [4.69, 9.17) is 5.73 Å². The molecule has 0 spiro atoms. The fourth-order valence-corrected chi connectivity index (χ4v) is 1.53. The van der Waals surface area contributed by atoms with E-state index < -0.39 is 11.6 Å². The molecule has 0 amide bonds. The molecule has 1 aromatic carbocycles. The van der Waals surface area contributed by atoms with E-state index >= 15 is 0 Å². The largest absolute Gasteiger partial charge is 0.370 e. The smallest absolute Gasteiger partial charge is 0.223 e. The van der Waals surface area contributed by atoms with Crippen molar-refractivity contribution in [1.82, 2.24) is 9.97 Å². The molecule has 0 saturated carbocycles. The van der Waals surface area contributed by atoms with E-state index in [1.165, 1.54) is 6.07 Å². The highest BCUT2D eigenvalue weighted by Gasteiger charge is 2.07. The molecule has 2 rings (SSSR count). The molecule has 0 radical (unpaired) electrons. The number of benzene rings is 1. The van der Waals surface area contributed by atoms with E-state index in [9.17, 15) is 8.78 Å². The Hall–Kier alpha value is -2.44. The minimum absolute atomic E-state index is 0.0588. The maximum Gasteiger partial charge on any atom is 0.223 e. The zero-order valence-electron chi connectivity index (χ0n) is 10.2. The molecule has 5 nitrogen and oxygen atoms in total. The third kappa shape index (κ3) is 3.27. The van der Waals surface area contributed by atoms with Gasteiger partial charge >= 0.3 is 0 Å². The molecule has 0 bridgehead atoms. The molecular weight excluding hydrogens is 252 g/mol. The minimum atomic E-state index is -0.706. The van der Waals surface area contributed by atoms with Gasteiger partial charge in [0, 0.05) is 18.7 Å². The number of nitrogens with zero attached hydrogens (tertiary/aromatic N) is 2. The fourth-order valence-electron chi connectivity index (χ4n) is 1.53. The van der Waals surface area contributed by atoms with Crippen molar-refractivity contribution in [2.75, 3.05) is 22.9 Å². The first-order chi connectivity index (χ1) is 9.08. The zero-order valence-corrected chi connectivity index (χ0v) is 10.2. The second-order valence-electron chi connectivity index (χ2n) is 3.78. The minimum Gasteiger partial charge on any atom is -0.370 e. The first-order valence-electron chi connectivity index (χ1n) is 5.69. The summed E-state index contributed by atoms with van der Waals surface area (Å²) in [5.41, 5.74) is 5.66. The first kappa shape index (κ1) is 13.0. The summed E-state index contributed by atoms with van der Waals surface area (Å²) in [6.45, 7) is 2.58. The predicted molar refractivity (Wildman–Crippen MR) is 70.2 cm³/mol. The Bertz CT molecular complexity index is 588. The standard InChI is InChI=1S/C12H13F2N5/c1-2-16-10-6-11(19-12(15)18-10)17-9-4-3-7(13)5-8(9)14/h3-6H,2H2,1H3,(H4,15,16,17,18,19). The maximum atomic E-state index is 13.5. The zero-order chi connectivity index (χ0) is 13.8. The van der Waals surface area contributed by atoms with Crippen LogP contribution >= 0.6 is 0 Å². The van der Waals surface area contributed by atoms with Crippen LogP contribution < -0.4 is 16.4 Å². The molecule has 0 aliphatic heterocycles. The number of nitrogens with one attached hydrogen (secondary N) is 2. The van der Waals surface area contributed by atoms with Crippen molar-refractivity contribution in [2.45, 2.75) is 6.92 Å². The number of anilines is 4. The molecule has 2 aromatic rings. The average Bonchev–Trinajstić information content (AvgIpc) is 2.32. The van der Waals surface area contributed by atoms with Gasteiger partial charge in [0.25, 0.3) is 0 Å². The van der Waals surface area contributed by atoms with Crippen molar-refractivity contribution in [3.8, 4) is 0 Å². The van der Waals surface area contributed by atoms with Crippen molar-refractivity contribution < 1.29 is 8.78 Å². The van der Waals surface area contributed by atoms with Crippen LogP contribution in [-0.2, 0) is 0 Å². The SMILES string of the molecule is CCNc1cc(Nc2ccc(F)cc2F)nc(N)n1. The van der Waals surface area contributed by atoms with Gasteiger partial charge in [-0.25, -0.2) is 8.78 Å². The van der Waals surface area contributed by atoms with Crippen molar-refractivity contribution >= 4 is 23.3 Å². The van der Waals surface area contributed by atoms with Crippen molar-refractivity contribution in [1.29, 1.82) is 0 Å². The van der Waals surface area contributed by atoms with Crippen LogP contribution in [0.4, 0.5) is 32.1 Å². The van der Waals surface area contributed by atoms with Gasteiger partial charge in [0.2, 0.25) is 5.95 Å². The van der Waals surface area contributed by atoms with Crippen molar-refractivity contribution in [2.24, 2.45) is 0 Å². The maximum absolute atomic E-state index is 13.5. The highest BCUT2D eigenvalue weighted by molar-refractivity contribution is 5.61. The van der Waals surface area contributed by atoms with Crippen LogP contribution in [0.25, 0.3) is 0 Å². The molecule has 0 unspecified atom stereocenters. The molecule has 1 aromatic heterocycles. The topological polar surface area (TPSA) is 75.9 Å². The van der Waals surface area contributed by atoms with Gasteiger partial charge in [0.05, 0.1) is 5.69 Å². The second kappa shape index (κ2) is 5.47. The van der Waals surface area contributed by atoms with Crippen LogP contribution in [0.2, 0.25) is 0 Å². The second-order valence-corrected chi connectivity index (χ2v) is 3.78. The lowest BCUT2D eigenvalue weighted by molar-refractivity contribution is 0.586. The van der Waals surface area contributed by atoms with E-state index in [0.29, 0.717) is 18.2 Å². The molecule has 0 aliphatic carbocycles. The predicted octanol–water partition coefficient (Wildman–Crippen LogP) is 2.51. The Morgan fingerprint density at radius 1 is 1.16 bits per heavy atom. The summed E-state index contributed by atoms with van der Waals surface area (Å²) in [6, 6.07) is 4.82. The number of nitrogen functional groups attached to an aromatic ring is 1. The Kier molecular flexibility index (Phi) is 3.74. The van der Waals surface area contributed by atoms with E-state index in [-0.39, 0.29) is 11.6 Å². The molecule has 19 heavy (non-hydrogen) atoms. The van der Waals surface area contributed by atoms with Gasteiger partial charge in [0.1, 0.15) is 23.3 Å². The lowest BCUT2D eigenvalue weighted by Gasteiger charge is -2.09. The third-order valence-corrected chi connectivity index (χ3v) is 2.30. The first-order valence-corrected chi connectivity index (χ1v) is 5.69. The number of rotatable bonds is 4. The summed E-state index contributed by atoms with van der Waals surface area (Å²) < 4.78 is 26.3. The third-order valence-electron chi connectivity index (χ3n) is 2.30. The van der Waals surface area contributed by atoms with Gasteiger partial charge in [-0.3, -0.25) is 0 Å². The number of halogens is 2. The van der Waals surface area contributed by atoms with Crippen molar-refractivity contribution in [3.63, 3.8) is 0 Å². The van der Waals surface area contributed by atoms with Gasteiger partial charge in [0.15, 0.2) is 0 Å². The lowest BCUT2D eigenvalue weighted by atomic mass is 10.3.